The molecule has 1 heterocycles. The smallest absolute Gasteiger partial charge is 0.301 e. The lowest BCUT2D eigenvalue weighted by Gasteiger charge is -2.06. The van der Waals surface area contributed by atoms with E-state index in [-0.39, 0.29) is 17.0 Å². The molecule has 0 spiro atoms. The van der Waals surface area contributed by atoms with E-state index in [1.807, 2.05) is 18.2 Å². The highest BCUT2D eigenvalue weighted by Crippen LogP contribution is 2.25. The molecule has 0 fully saturated rings. The van der Waals surface area contributed by atoms with Crippen molar-refractivity contribution in [1.29, 1.82) is 0 Å². The number of ether oxygens (including phenoxy) is 1. The van der Waals surface area contributed by atoms with Crippen molar-refractivity contribution in [1.82, 2.24) is 14.9 Å². The number of nitrogens with zero attached hydrogens (tertiary/aromatic N) is 4. The Morgan fingerprint density at radius 1 is 1.16 bits per heavy atom. The molecule has 0 saturated carbocycles. The van der Waals surface area contributed by atoms with Crippen molar-refractivity contribution >= 4 is 6.21 Å². The summed E-state index contributed by atoms with van der Waals surface area (Å²) in [5.41, 5.74) is 1.21. The number of rotatable bonds is 4. The zero-order chi connectivity index (χ0) is 17.8. The minimum Gasteiger partial charge on any atom is -0.504 e. The van der Waals surface area contributed by atoms with Gasteiger partial charge < -0.3 is 9.84 Å². The number of hydrogen-bond acceptors (Lipinski definition) is 6. The number of aromatic nitrogens is 3. The Morgan fingerprint density at radius 3 is 2.64 bits per heavy atom. The van der Waals surface area contributed by atoms with Crippen LogP contribution in [0, 0.1) is 6.92 Å². The number of phenolic OH excluding ortho intramolecular Hbond substituents is 1. The van der Waals surface area contributed by atoms with Crippen molar-refractivity contribution in [2.75, 3.05) is 7.11 Å². The summed E-state index contributed by atoms with van der Waals surface area (Å²) in [7, 11) is 1.46. The maximum atomic E-state index is 12.7. The number of methoxy groups -OCH3 is 1. The first kappa shape index (κ1) is 16.4. The van der Waals surface area contributed by atoms with E-state index in [4.69, 9.17) is 4.74 Å². The van der Waals surface area contributed by atoms with Crippen LogP contribution in [0.4, 0.5) is 0 Å². The van der Waals surface area contributed by atoms with E-state index in [9.17, 15) is 9.90 Å². The SMILES string of the molecule is COc1cc(/C=N\n2c(C)nnc(-c3ccccc3)c2=O)ccc1O. The summed E-state index contributed by atoms with van der Waals surface area (Å²) >= 11 is 0. The van der Waals surface area contributed by atoms with Gasteiger partial charge in [-0.05, 0) is 30.7 Å². The fourth-order valence-electron chi connectivity index (χ4n) is 2.27. The van der Waals surface area contributed by atoms with Crippen LogP contribution in [0.3, 0.4) is 0 Å². The molecule has 25 heavy (non-hydrogen) atoms. The molecule has 0 unspecified atom stereocenters. The van der Waals surface area contributed by atoms with Crippen LogP contribution in [0.5, 0.6) is 11.5 Å². The molecule has 7 heteroatoms. The second-order valence-electron chi connectivity index (χ2n) is 5.25. The van der Waals surface area contributed by atoms with Gasteiger partial charge in [-0.3, -0.25) is 4.79 Å². The van der Waals surface area contributed by atoms with E-state index in [1.54, 1.807) is 31.2 Å². The summed E-state index contributed by atoms with van der Waals surface area (Å²) in [4.78, 5) is 12.7. The maximum absolute atomic E-state index is 12.7. The second-order valence-corrected chi connectivity index (χ2v) is 5.25. The number of benzene rings is 2. The molecule has 3 rings (SSSR count). The molecule has 7 nitrogen and oxygen atoms in total. The van der Waals surface area contributed by atoms with E-state index in [1.165, 1.54) is 24.1 Å². The summed E-state index contributed by atoms with van der Waals surface area (Å²) in [6.07, 6.45) is 1.49. The molecule has 0 aliphatic carbocycles. The van der Waals surface area contributed by atoms with E-state index in [0.717, 1.165) is 0 Å². The van der Waals surface area contributed by atoms with E-state index >= 15 is 0 Å². The normalized spacial score (nSPS) is 11.0. The Morgan fingerprint density at radius 2 is 1.92 bits per heavy atom. The van der Waals surface area contributed by atoms with Crippen molar-refractivity contribution < 1.29 is 9.84 Å². The van der Waals surface area contributed by atoms with E-state index in [2.05, 4.69) is 15.3 Å². The lowest BCUT2D eigenvalue weighted by Crippen LogP contribution is -2.23. The third kappa shape index (κ3) is 3.40. The van der Waals surface area contributed by atoms with Gasteiger partial charge in [-0.2, -0.15) is 9.78 Å². The fourth-order valence-corrected chi connectivity index (χ4v) is 2.27. The zero-order valence-corrected chi connectivity index (χ0v) is 13.7. The topological polar surface area (TPSA) is 89.6 Å². The molecule has 2 aromatic carbocycles. The molecule has 3 aromatic rings. The molecular weight excluding hydrogens is 320 g/mol. The third-order valence-corrected chi connectivity index (χ3v) is 3.57. The summed E-state index contributed by atoms with van der Waals surface area (Å²) in [5, 5.41) is 21.8. The first-order valence-corrected chi connectivity index (χ1v) is 7.53. The number of aromatic hydroxyl groups is 1. The van der Waals surface area contributed by atoms with Gasteiger partial charge in [-0.15, -0.1) is 10.2 Å². The monoisotopic (exact) mass is 336 g/mol. The average Bonchev–Trinajstić information content (AvgIpc) is 2.63. The Bertz CT molecular complexity index is 981. The minimum absolute atomic E-state index is 0.0324. The van der Waals surface area contributed by atoms with Crippen molar-refractivity contribution in [3.05, 3.63) is 70.3 Å². The van der Waals surface area contributed by atoms with Gasteiger partial charge in [-0.1, -0.05) is 30.3 Å². The molecule has 0 aliphatic heterocycles. The van der Waals surface area contributed by atoms with E-state index in [0.29, 0.717) is 22.7 Å². The summed E-state index contributed by atoms with van der Waals surface area (Å²) in [6.45, 7) is 1.65. The second kappa shape index (κ2) is 6.96. The largest absolute Gasteiger partial charge is 0.504 e. The molecule has 0 aliphatic rings. The van der Waals surface area contributed by atoms with Gasteiger partial charge in [-0.25, -0.2) is 0 Å². The van der Waals surface area contributed by atoms with Gasteiger partial charge in [0.2, 0.25) is 0 Å². The van der Waals surface area contributed by atoms with Crippen LogP contribution in [0.15, 0.2) is 58.4 Å². The molecule has 0 saturated heterocycles. The highest BCUT2D eigenvalue weighted by molar-refractivity contribution is 5.80. The quantitative estimate of drug-likeness (QED) is 0.738. The Labute approximate surface area is 143 Å². The van der Waals surface area contributed by atoms with Gasteiger partial charge >= 0.3 is 5.56 Å². The van der Waals surface area contributed by atoms with Crippen LogP contribution >= 0.6 is 0 Å². The van der Waals surface area contributed by atoms with Crippen molar-refractivity contribution in [3.8, 4) is 22.8 Å². The number of phenols is 1. The van der Waals surface area contributed by atoms with Crippen molar-refractivity contribution in [3.63, 3.8) is 0 Å². The molecule has 0 atom stereocenters. The minimum atomic E-state index is -0.360. The molecule has 0 bridgehead atoms. The van der Waals surface area contributed by atoms with Gasteiger partial charge in [0, 0.05) is 5.56 Å². The van der Waals surface area contributed by atoms with Crippen molar-refractivity contribution in [2.24, 2.45) is 5.10 Å². The lowest BCUT2D eigenvalue weighted by molar-refractivity contribution is 0.373. The summed E-state index contributed by atoms with van der Waals surface area (Å²) in [5.74, 6) is 0.725. The zero-order valence-electron chi connectivity index (χ0n) is 13.7. The number of hydrogen-bond donors (Lipinski definition) is 1. The van der Waals surface area contributed by atoms with Crippen LogP contribution in [-0.4, -0.2) is 33.3 Å². The molecule has 0 amide bonds. The van der Waals surface area contributed by atoms with Crippen LogP contribution in [0.2, 0.25) is 0 Å². The van der Waals surface area contributed by atoms with Gasteiger partial charge in [0.15, 0.2) is 23.0 Å². The first-order chi connectivity index (χ1) is 12.1. The third-order valence-electron chi connectivity index (χ3n) is 3.57. The maximum Gasteiger partial charge on any atom is 0.301 e. The average molecular weight is 336 g/mol. The lowest BCUT2D eigenvalue weighted by atomic mass is 10.2. The molecule has 0 radical (unpaired) electrons. The van der Waals surface area contributed by atoms with E-state index < -0.39 is 0 Å². The Hall–Kier alpha value is -3.48. The number of aryl methyl sites for hydroxylation is 1. The predicted octanol–water partition coefficient (Wildman–Crippen LogP) is 2.21. The molecule has 1 N–H and O–H groups in total. The fraction of sp³-hybridized carbons (Fsp3) is 0.111. The Kier molecular flexibility index (Phi) is 4.56. The standard InChI is InChI=1S/C18H16N4O3/c1-12-20-21-17(14-6-4-3-5-7-14)18(24)22(12)19-11-13-8-9-15(23)16(10-13)25-2/h3-11,23H,1-2H3/b19-11-. The van der Waals surface area contributed by atoms with Gasteiger partial charge in [0.05, 0.1) is 13.3 Å². The van der Waals surface area contributed by atoms with Crippen LogP contribution in [0.1, 0.15) is 11.4 Å². The van der Waals surface area contributed by atoms with Crippen LogP contribution < -0.4 is 10.3 Å². The van der Waals surface area contributed by atoms with Crippen molar-refractivity contribution in [2.45, 2.75) is 6.92 Å². The molecule has 1 aromatic heterocycles. The Balaban J connectivity index is 2.02. The highest BCUT2D eigenvalue weighted by atomic mass is 16.5. The summed E-state index contributed by atoms with van der Waals surface area (Å²) < 4.78 is 6.25. The van der Waals surface area contributed by atoms with Gasteiger partial charge in [0.25, 0.3) is 0 Å². The van der Waals surface area contributed by atoms with Crippen LogP contribution in [0.25, 0.3) is 11.3 Å². The summed E-state index contributed by atoms with van der Waals surface area (Å²) in [6, 6.07) is 13.9. The molecular formula is C18H16N4O3. The first-order valence-electron chi connectivity index (χ1n) is 7.53. The molecule has 126 valence electrons. The van der Waals surface area contributed by atoms with Crippen LogP contribution in [-0.2, 0) is 0 Å². The van der Waals surface area contributed by atoms with Gasteiger partial charge in [0.1, 0.15) is 0 Å². The predicted molar refractivity (Wildman–Crippen MR) is 94.1 cm³/mol. The highest BCUT2D eigenvalue weighted by Gasteiger charge is 2.10.